The van der Waals surface area contributed by atoms with E-state index >= 15 is 0 Å². The van der Waals surface area contributed by atoms with Crippen molar-refractivity contribution in [2.75, 3.05) is 13.2 Å². The average molecular weight is 362 g/mol. The zero-order chi connectivity index (χ0) is 14.3. The molecule has 0 amide bonds. The molecular formula is C18H20BrNO2. The molecule has 2 heterocycles. The van der Waals surface area contributed by atoms with E-state index in [1.165, 1.54) is 11.1 Å². The maximum absolute atomic E-state index is 5.44. The molecule has 0 N–H and O–H groups in total. The first kappa shape index (κ1) is 16.9. The van der Waals surface area contributed by atoms with Gasteiger partial charge in [-0.15, -0.1) is 0 Å². The van der Waals surface area contributed by atoms with E-state index in [2.05, 4.69) is 53.4 Å². The fourth-order valence-corrected chi connectivity index (χ4v) is 2.31. The Morgan fingerprint density at radius 1 is 0.909 bits per heavy atom. The van der Waals surface area contributed by atoms with Gasteiger partial charge in [0.25, 0.3) is 0 Å². The number of pyridine rings is 1. The van der Waals surface area contributed by atoms with Crippen molar-refractivity contribution >= 4 is 12.2 Å². The summed E-state index contributed by atoms with van der Waals surface area (Å²) in [6.45, 7) is 2.35. The molecule has 0 spiro atoms. The highest BCUT2D eigenvalue weighted by molar-refractivity contribution is 5.68. The number of hydrogen-bond donors (Lipinski definition) is 0. The van der Waals surface area contributed by atoms with Crippen molar-refractivity contribution in [3.05, 3.63) is 66.0 Å². The highest BCUT2D eigenvalue weighted by Gasteiger charge is 2.17. The van der Waals surface area contributed by atoms with Crippen LogP contribution in [-0.2, 0) is 16.0 Å². The lowest BCUT2D eigenvalue weighted by atomic mass is 10.1. The predicted molar refractivity (Wildman–Crippen MR) is 82.3 cm³/mol. The van der Waals surface area contributed by atoms with Gasteiger partial charge in [0.05, 0.1) is 19.6 Å². The van der Waals surface area contributed by atoms with E-state index in [1.54, 1.807) is 0 Å². The molecule has 2 aromatic rings. The Hall–Kier alpha value is -1.49. The number of aryl methyl sites for hydroxylation is 1. The molecule has 1 aromatic heterocycles. The van der Waals surface area contributed by atoms with Gasteiger partial charge in [-0.2, -0.15) is 0 Å². The third-order valence-electron chi connectivity index (χ3n) is 3.50. The van der Waals surface area contributed by atoms with Crippen LogP contribution in [0.1, 0.15) is 17.5 Å². The first-order valence-electron chi connectivity index (χ1n) is 7.36. The maximum atomic E-state index is 5.44. The molecule has 0 bridgehead atoms. The van der Waals surface area contributed by atoms with Gasteiger partial charge >= 0.3 is 0 Å². The second-order valence-electron chi connectivity index (χ2n) is 5.07. The van der Waals surface area contributed by atoms with Gasteiger partial charge in [-0.3, -0.25) is 0 Å². The van der Waals surface area contributed by atoms with E-state index in [0.717, 1.165) is 26.2 Å². The number of nitrogens with zero attached hydrogens (tertiary/aromatic N) is 1. The molecule has 116 valence electrons. The summed E-state index contributed by atoms with van der Waals surface area (Å²) in [6.07, 6.45) is 9.31. The lowest BCUT2D eigenvalue weighted by Crippen LogP contribution is -3.00. The van der Waals surface area contributed by atoms with E-state index in [9.17, 15) is 0 Å². The minimum absolute atomic E-state index is 0. The molecule has 0 saturated carbocycles. The van der Waals surface area contributed by atoms with Crippen LogP contribution < -0.4 is 21.5 Å². The minimum atomic E-state index is -0.0323. The molecule has 0 aliphatic carbocycles. The van der Waals surface area contributed by atoms with Crippen molar-refractivity contribution in [2.45, 2.75) is 19.3 Å². The van der Waals surface area contributed by atoms with Gasteiger partial charge in [-0.1, -0.05) is 42.5 Å². The number of rotatable bonds is 5. The summed E-state index contributed by atoms with van der Waals surface area (Å²) < 4.78 is 13.0. The second kappa shape index (κ2) is 8.83. The van der Waals surface area contributed by atoms with Crippen LogP contribution in [0.4, 0.5) is 0 Å². The maximum Gasteiger partial charge on any atom is 0.169 e. The molecule has 22 heavy (non-hydrogen) atoms. The number of halogens is 1. The number of hydrogen-bond acceptors (Lipinski definition) is 2. The van der Waals surface area contributed by atoms with Crippen LogP contribution in [0, 0.1) is 0 Å². The molecule has 0 unspecified atom stereocenters. The standard InChI is InChI=1S/C18H20NO2.BrH/c1-2-4-16(5-3-1)6-7-17-8-11-19(12-9-17)13-10-18-20-14-15-21-18;/h1-9,11-12,18H,10,13-15H2;1H/q+1;/p-1/b7-6+;. The van der Waals surface area contributed by atoms with Crippen LogP contribution in [0.15, 0.2) is 54.9 Å². The van der Waals surface area contributed by atoms with Gasteiger partial charge < -0.3 is 26.5 Å². The molecule has 1 aliphatic rings. The third-order valence-corrected chi connectivity index (χ3v) is 3.50. The lowest BCUT2D eigenvalue weighted by Gasteiger charge is -2.05. The van der Waals surface area contributed by atoms with E-state index in [4.69, 9.17) is 9.47 Å². The van der Waals surface area contributed by atoms with E-state index < -0.39 is 0 Å². The quantitative estimate of drug-likeness (QED) is 0.694. The molecule has 0 atom stereocenters. The fourth-order valence-electron chi connectivity index (χ4n) is 2.31. The van der Waals surface area contributed by atoms with Gasteiger partial charge in [0, 0.05) is 12.1 Å². The molecule has 4 heteroatoms. The Bertz CT molecular complexity index is 578. The number of aromatic nitrogens is 1. The predicted octanol–water partition coefficient (Wildman–Crippen LogP) is -0.0885. The Balaban J connectivity index is 0.00000176. The molecule has 3 nitrogen and oxygen atoms in total. The molecule has 1 fully saturated rings. The first-order valence-corrected chi connectivity index (χ1v) is 7.36. The SMILES string of the molecule is C(=C\c1cc[n+](CCC2OCCO2)cc1)/c1ccccc1.[Br-]. The largest absolute Gasteiger partial charge is 1.00 e. The fraction of sp³-hybridized carbons (Fsp3) is 0.278. The summed E-state index contributed by atoms with van der Waals surface area (Å²) in [5, 5.41) is 0. The normalized spacial score (nSPS) is 15.1. The van der Waals surface area contributed by atoms with E-state index in [-0.39, 0.29) is 23.3 Å². The summed E-state index contributed by atoms with van der Waals surface area (Å²) in [5.41, 5.74) is 2.41. The summed E-state index contributed by atoms with van der Waals surface area (Å²) in [6, 6.07) is 14.6. The second-order valence-corrected chi connectivity index (χ2v) is 5.07. The van der Waals surface area contributed by atoms with Gasteiger partial charge in [-0.25, -0.2) is 4.57 Å². The number of benzene rings is 1. The van der Waals surface area contributed by atoms with Gasteiger partial charge in [-0.05, 0) is 11.1 Å². The molecule has 1 aliphatic heterocycles. The summed E-state index contributed by atoms with van der Waals surface area (Å²) in [4.78, 5) is 0. The molecule has 3 rings (SSSR count). The van der Waals surface area contributed by atoms with E-state index in [1.807, 2.05) is 18.2 Å². The van der Waals surface area contributed by atoms with Crippen LogP contribution in [0.2, 0.25) is 0 Å². The van der Waals surface area contributed by atoms with Gasteiger partial charge in [0.2, 0.25) is 0 Å². The van der Waals surface area contributed by atoms with Crippen LogP contribution in [-0.4, -0.2) is 19.5 Å². The van der Waals surface area contributed by atoms with Gasteiger partial charge in [0.15, 0.2) is 25.2 Å². The van der Waals surface area contributed by atoms with Crippen molar-refractivity contribution in [3.63, 3.8) is 0 Å². The summed E-state index contributed by atoms with van der Waals surface area (Å²) in [7, 11) is 0. The van der Waals surface area contributed by atoms with Crippen LogP contribution >= 0.6 is 0 Å². The average Bonchev–Trinajstić information content (AvgIpc) is 3.06. The first-order chi connectivity index (χ1) is 10.4. The summed E-state index contributed by atoms with van der Waals surface area (Å²) in [5.74, 6) is 0. The Kier molecular flexibility index (Phi) is 6.77. The highest BCUT2D eigenvalue weighted by atomic mass is 79.9. The molecule has 1 aromatic carbocycles. The van der Waals surface area contributed by atoms with Crippen molar-refractivity contribution in [3.8, 4) is 0 Å². The van der Waals surface area contributed by atoms with Crippen molar-refractivity contribution in [2.24, 2.45) is 0 Å². The third kappa shape index (κ3) is 5.05. The Morgan fingerprint density at radius 2 is 1.50 bits per heavy atom. The smallest absolute Gasteiger partial charge is 0.169 e. The topological polar surface area (TPSA) is 22.3 Å². The van der Waals surface area contributed by atoms with Gasteiger partial charge in [0.1, 0.15) is 0 Å². The van der Waals surface area contributed by atoms with E-state index in [0.29, 0.717) is 0 Å². The Labute approximate surface area is 142 Å². The summed E-state index contributed by atoms with van der Waals surface area (Å²) >= 11 is 0. The van der Waals surface area contributed by atoms with Crippen molar-refractivity contribution in [1.82, 2.24) is 0 Å². The highest BCUT2D eigenvalue weighted by Crippen LogP contribution is 2.08. The zero-order valence-electron chi connectivity index (χ0n) is 12.4. The number of ether oxygens (including phenoxy) is 2. The monoisotopic (exact) mass is 361 g/mol. The lowest BCUT2D eigenvalue weighted by molar-refractivity contribution is -0.698. The Morgan fingerprint density at radius 3 is 2.14 bits per heavy atom. The zero-order valence-corrected chi connectivity index (χ0v) is 14.0. The van der Waals surface area contributed by atoms with Crippen LogP contribution in [0.5, 0.6) is 0 Å². The molecule has 1 saturated heterocycles. The molecule has 0 radical (unpaired) electrons. The van der Waals surface area contributed by atoms with Crippen molar-refractivity contribution < 1.29 is 31.0 Å². The van der Waals surface area contributed by atoms with Crippen LogP contribution in [0.3, 0.4) is 0 Å². The van der Waals surface area contributed by atoms with Crippen LogP contribution in [0.25, 0.3) is 12.2 Å². The van der Waals surface area contributed by atoms with Crippen molar-refractivity contribution in [1.29, 1.82) is 0 Å². The molecular weight excluding hydrogens is 342 g/mol. The minimum Gasteiger partial charge on any atom is -1.00 e.